The number of halogens is 2. The fourth-order valence-corrected chi connectivity index (χ4v) is 3.28. The highest BCUT2D eigenvalue weighted by Crippen LogP contribution is 2.16. The van der Waals surface area contributed by atoms with Crippen LogP contribution >= 0.6 is 27.7 Å². The maximum absolute atomic E-state index is 13.4. The number of thioether (sulfide) groups is 1. The Kier molecular flexibility index (Phi) is 8.52. The molecule has 1 amide bonds. The molecule has 0 aromatic heterocycles. The van der Waals surface area contributed by atoms with Crippen LogP contribution in [0.1, 0.15) is 18.9 Å². The summed E-state index contributed by atoms with van der Waals surface area (Å²) in [7, 11) is -3.48. The van der Waals surface area contributed by atoms with Crippen LogP contribution in [0.3, 0.4) is 0 Å². The third-order valence-corrected chi connectivity index (χ3v) is 5.77. The van der Waals surface area contributed by atoms with Gasteiger partial charge in [-0.15, -0.1) is 0 Å². The lowest BCUT2D eigenvalue weighted by molar-refractivity contribution is -0.122. The van der Waals surface area contributed by atoms with Crippen molar-refractivity contribution in [2.75, 3.05) is 17.8 Å². The highest BCUT2D eigenvalue weighted by atomic mass is 79.9. The van der Waals surface area contributed by atoms with Gasteiger partial charge < -0.3 is 5.32 Å². The lowest BCUT2D eigenvalue weighted by atomic mass is 10.2. The summed E-state index contributed by atoms with van der Waals surface area (Å²) in [5.41, 5.74) is 0.598. The Labute approximate surface area is 149 Å². The van der Waals surface area contributed by atoms with Crippen LogP contribution in [0, 0.1) is 5.82 Å². The van der Waals surface area contributed by atoms with E-state index in [0.717, 1.165) is 0 Å². The van der Waals surface area contributed by atoms with Gasteiger partial charge in [-0.3, -0.25) is 4.79 Å². The van der Waals surface area contributed by atoms with Gasteiger partial charge in [0.2, 0.25) is 15.9 Å². The van der Waals surface area contributed by atoms with E-state index in [4.69, 9.17) is 0 Å². The summed E-state index contributed by atoms with van der Waals surface area (Å²) < 4.78 is 39.6. The van der Waals surface area contributed by atoms with Crippen molar-refractivity contribution in [3.63, 3.8) is 0 Å². The zero-order valence-corrected chi connectivity index (χ0v) is 16.2. The standard InChI is InChI=1S/C14H20BrFN2O3S2/c1-3-23(20,21)18-13(6-7-22-2)14(19)17-9-10-4-5-11(15)12(16)8-10/h4-5,8,13,18H,3,6-7,9H2,1-2H3,(H,17,19). The number of nitrogens with one attached hydrogen (secondary N) is 2. The number of rotatable bonds is 9. The van der Waals surface area contributed by atoms with E-state index in [1.165, 1.54) is 24.8 Å². The van der Waals surface area contributed by atoms with Gasteiger partial charge in [0, 0.05) is 6.54 Å². The van der Waals surface area contributed by atoms with Crippen molar-refractivity contribution < 1.29 is 17.6 Å². The number of sulfonamides is 1. The maximum Gasteiger partial charge on any atom is 0.238 e. The highest BCUT2D eigenvalue weighted by molar-refractivity contribution is 9.10. The summed E-state index contributed by atoms with van der Waals surface area (Å²) in [6.45, 7) is 1.64. The van der Waals surface area contributed by atoms with E-state index < -0.39 is 27.8 Å². The molecule has 1 aromatic rings. The zero-order chi connectivity index (χ0) is 17.5. The average molecular weight is 427 g/mol. The Morgan fingerprint density at radius 1 is 1.43 bits per heavy atom. The highest BCUT2D eigenvalue weighted by Gasteiger charge is 2.22. The van der Waals surface area contributed by atoms with Crippen LogP contribution in [0.4, 0.5) is 4.39 Å². The Hall–Kier alpha value is -0.640. The second-order valence-corrected chi connectivity index (χ2v) is 8.70. The molecule has 0 heterocycles. The van der Waals surface area contributed by atoms with Gasteiger partial charge in [-0.1, -0.05) is 6.07 Å². The third-order valence-electron chi connectivity index (χ3n) is 3.08. The predicted octanol–water partition coefficient (Wildman–Crippen LogP) is 2.27. The Morgan fingerprint density at radius 2 is 2.13 bits per heavy atom. The van der Waals surface area contributed by atoms with Crippen molar-refractivity contribution in [1.82, 2.24) is 10.0 Å². The van der Waals surface area contributed by atoms with Crippen LogP contribution in [-0.4, -0.2) is 38.1 Å². The van der Waals surface area contributed by atoms with E-state index in [9.17, 15) is 17.6 Å². The summed E-state index contributed by atoms with van der Waals surface area (Å²) in [4.78, 5) is 12.2. The SMILES string of the molecule is CCS(=O)(=O)NC(CCSC)C(=O)NCc1ccc(Br)c(F)c1. The zero-order valence-electron chi connectivity index (χ0n) is 12.9. The smallest absolute Gasteiger partial charge is 0.238 e. The second kappa shape index (κ2) is 9.61. The summed E-state index contributed by atoms with van der Waals surface area (Å²) in [6, 6.07) is 3.73. The van der Waals surface area contributed by atoms with E-state index in [1.807, 2.05) is 6.26 Å². The molecule has 130 valence electrons. The van der Waals surface area contributed by atoms with Gasteiger partial charge in [0.15, 0.2) is 0 Å². The largest absolute Gasteiger partial charge is 0.351 e. The van der Waals surface area contributed by atoms with E-state index >= 15 is 0 Å². The molecule has 0 fully saturated rings. The Morgan fingerprint density at radius 3 is 2.70 bits per heavy atom. The van der Waals surface area contributed by atoms with E-state index in [-0.39, 0.29) is 12.3 Å². The molecule has 1 unspecified atom stereocenters. The molecule has 0 saturated heterocycles. The molecule has 9 heteroatoms. The van der Waals surface area contributed by atoms with Crippen molar-refractivity contribution in [2.24, 2.45) is 0 Å². The van der Waals surface area contributed by atoms with Crippen molar-refractivity contribution in [3.05, 3.63) is 34.1 Å². The van der Waals surface area contributed by atoms with Crippen LogP contribution in [0.25, 0.3) is 0 Å². The predicted molar refractivity (Wildman–Crippen MR) is 95.3 cm³/mol. The lowest BCUT2D eigenvalue weighted by Gasteiger charge is -2.17. The van der Waals surface area contributed by atoms with E-state index in [2.05, 4.69) is 26.0 Å². The lowest BCUT2D eigenvalue weighted by Crippen LogP contribution is -2.47. The van der Waals surface area contributed by atoms with Gasteiger partial charge in [0.25, 0.3) is 0 Å². The number of amides is 1. The van der Waals surface area contributed by atoms with Gasteiger partial charge in [0.05, 0.1) is 10.2 Å². The van der Waals surface area contributed by atoms with Crippen LogP contribution in [0.15, 0.2) is 22.7 Å². The second-order valence-electron chi connectivity index (χ2n) is 4.82. The molecule has 0 radical (unpaired) electrons. The summed E-state index contributed by atoms with van der Waals surface area (Å²) in [5.74, 6) is -0.271. The van der Waals surface area contributed by atoms with Gasteiger partial charge >= 0.3 is 0 Å². The molecular weight excluding hydrogens is 407 g/mol. The Balaban J connectivity index is 2.70. The molecule has 0 bridgehead atoms. The third kappa shape index (κ3) is 7.19. The van der Waals surface area contributed by atoms with Gasteiger partial charge in [-0.25, -0.2) is 17.5 Å². The van der Waals surface area contributed by atoms with Crippen molar-refractivity contribution >= 4 is 43.6 Å². The minimum absolute atomic E-state index is 0.0893. The molecule has 0 spiro atoms. The molecule has 2 N–H and O–H groups in total. The minimum atomic E-state index is -3.48. The summed E-state index contributed by atoms with van der Waals surface area (Å²) >= 11 is 4.59. The first kappa shape index (κ1) is 20.4. The molecule has 0 saturated carbocycles. The molecular formula is C14H20BrFN2O3S2. The van der Waals surface area contributed by atoms with E-state index in [0.29, 0.717) is 22.2 Å². The molecule has 23 heavy (non-hydrogen) atoms. The number of hydrogen-bond acceptors (Lipinski definition) is 4. The van der Waals surface area contributed by atoms with Crippen LogP contribution in [0.5, 0.6) is 0 Å². The molecule has 0 aliphatic rings. The summed E-state index contributed by atoms with van der Waals surface area (Å²) in [6.07, 6.45) is 2.27. The van der Waals surface area contributed by atoms with Gasteiger partial charge in [-0.05, 0) is 59.0 Å². The Bertz CT molecular complexity index is 641. The quantitative estimate of drug-likeness (QED) is 0.634. The van der Waals surface area contributed by atoms with Crippen molar-refractivity contribution in [2.45, 2.75) is 25.9 Å². The summed E-state index contributed by atoms with van der Waals surface area (Å²) in [5, 5.41) is 2.64. The number of carbonyl (C=O) groups is 1. The number of benzene rings is 1. The first-order valence-electron chi connectivity index (χ1n) is 6.99. The van der Waals surface area contributed by atoms with E-state index in [1.54, 1.807) is 12.1 Å². The fourth-order valence-electron chi connectivity index (χ4n) is 1.74. The van der Waals surface area contributed by atoms with Crippen LogP contribution in [0.2, 0.25) is 0 Å². The fraction of sp³-hybridized carbons (Fsp3) is 0.500. The molecule has 1 atom stereocenters. The molecule has 0 aliphatic heterocycles. The van der Waals surface area contributed by atoms with Crippen LogP contribution < -0.4 is 10.0 Å². The molecule has 0 aliphatic carbocycles. The van der Waals surface area contributed by atoms with Gasteiger partial charge in [-0.2, -0.15) is 11.8 Å². The monoisotopic (exact) mass is 426 g/mol. The molecule has 1 aromatic carbocycles. The number of hydrogen-bond donors (Lipinski definition) is 2. The first-order chi connectivity index (χ1) is 10.8. The number of carbonyl (C=O) groups excluding carboxylic acids is 1. The minimum Gasteiger partial charge on any atom is -0.351 e. The van der Waals surface area contributed by atoms with Crippen LogP contribution in [-0.2, 0) is 21.4 Å². The molecule has 5 nitrogen and oxygen atoms in total. The van der Waals surface area contributed by atoms with Gasteiger partial charge in [0.1, 0.15) is 11.9 Å². The van der Waals surface area contributed by atoms with Crippen molar-refractivity contribution in [3.8, 4) is 0 Å². The topological polar surface area (TPSA) is 75.3 Å². The van der Waals surface area contributed by atoms with Crippen molar-refractivity contribution in [1.29, 1.82) is 0 Å². The maximum atomic E-state index is 13.4. The average Bonchev–Trinajstić information content (AvgIpc) is 2.52. The first-order valence-corrected chi connectivity index (χ1v) is 10.8. The normalized spacial score (nSPS) is 12.9. The molecule has 1 rings (SSSR count).